The Morgan fingerprint density at radius 3 is 2.84 bits per heavy atom. The number of halogens is 2. The van der Waals surface area contributed by atoms with Crippen LogP contribution < -0.4 is 10.8 Å². The maximum Gasteiger partial charge on any atom is 0.279 e. The molecule has 4 rings (SSSR count). The molecule has 1 aliphatic heterocycles. The predicted molar refractivity (Wildman–Crippen MR) is 127 cm³/mol. The molecule has 1 fully saturated rings. The van der Waals surface area contributed by atoms with Crippen molar-refractivity contribution in [2.45, 2.75) is 25.9 Å². The van der Waals surface area contributed by atoms with Gasteiger partial charge in [0.05, 0.1) is 11.3 Å². The van der Waals surface area contributed by atoms with Crippen molar-refractivity contribution < 1.29 is 23.5 Å². The molecule has 2 aromatic heterocycles. The number of aryl methyl sites for hydroxylation is 1. The Kier molecular flexibility index (Phi) is 7.11. The molecule has 2 N–H and O–H groups in total. The number of hydrogen-bond donors (Lipinski definition) is 2. The largest absolute Gasteiger partial charge is 0.345 e. The Morgan fingerprint density at radius 1 is 1.39 bits per heavy atom. The number of hydrogen-bond acceptors (Lipinski definition) is 6. The second-order valence-corrected chi connectivity index (χ2v) is 8.46. The zero-order valence-corrected chi connectivity index (χ0v) is 20.2. The number of carbonyl (C=O) groups excluding carboxylic acids is 1. The van der Waals surface area contributed by atoms with Crippen LogP contribution in [0.3, 0.4) is 0 Å². The monoisotopic (exact) mass is 560 g/mol. The normalized spacial score (nSPS) is 17.4. The summed E-state index contributed by atoms with van der Waals surface area (Å²) in [5.41, 5.74) is 3.50. The lowest BCUT2D eigenvalue weighted by molar-refractivity contribution is -0.203. The first-order chi connectivity index (χ1) is 14.2. The molecule has 0 aliphatic carbocycles. The van der Waals surface area contributed by atoms with Crippen LogP contribution in [-0.2, 0) is 21.4 Å². The van der Waals surface area contributed by atoms with E-state index in [0.717, 1.165) is 3.57 Å². The molecule has 3 aromatic rings. The number of anilines is 2. The first-order valence-corrected chi connectivity index (χ1v) is 10.3. The van der Waals surface area contributed by atoms with Gasteiger partial charge in [0.2, 0.25) is 6.29 Å². The fourth-order valence-corrected chi connectivity index (χ4v) is 3.69. The van der Waals surface area contributed by atoms with Crippen molar-refractivity contribution in [2.24, 2.45) is 7.05 Å². The van der Waals surface area contributed by atoms with Crippen molar-refractivity contribution in [3.63, 3.8) is 0 Å². The summed E-state index contributed by atoms with van der Waals surface area (Å²) in [5.74, 6) is -1.35. The third-order valence-corrected chi connectivity index (χ3v) is 5.29. The highest BCUT2D eigenvalue weighted by molar-refractivity contribution is 14.1. The molecule has 1 amide bonds. The number of amides is 1. The average Bonchev–Trinajstić information content (AvgIpc) is 3.19. The summed E-state index contributed by atoms with van der Waals surface area (Å²) in [6.07, 6.45) is 0.892. The Morgan fingerprint density at radius 2 is 2.16 bits per heavy atom. The molecule has 31 heavy (non-hydrogen) atoms. The molecule has 0 bridgehead atoms. The quantitative estimate of drug-likeness (QED) is 0.363. The zero-order chi connectivity index (χ0) is 21.5. The van der Waals surface area contributed by atoms with E-state index < -0.39 is 23.8 Å². The minimum atomic E-state index is -0.784. The smallest absolute Gasteiger partial charge is 0.279 e. The molecule has 0 radical (unpaired) electrons. The summed E-state index contributed by atoms with van der Waals surface area (Å²) in [4.78, 5) is 22.8. The summed E-state index contributed by atoms with van der Waals surface area (Å²) in [6, 6.07) is 8.30. The van der Waals surface area contributed by atoms with Crippen LogP contribution >= 0.6 is 36.1 Å². The van der Waals surface area contributed by atoms with Gasteiger partial charge < -0.3 is 19.4 Å². The van der Waals surface area contributed by atoms with Gasteiger partial charge in [-0.3, -0.25) is 4.79 Å². The highest BCUT2D eigenvalue weighted by atomic mass is 127. The zero-order valence-electron chi connectivity index (χ0n) is 17.0. The highest BCUT2D eigenvalue weighted by Gasteiger charge is 2.34. The van der Waals surface area contributed by atoms with Gasteiger partial charge in [-0.25, -0.2) is 19.7 Å². The van der Waals surface area contributed by atoms with Crippen molar-refractivity contribution in [1.82, 2.24) is 15.0 Å². The number of carbonyl (C=O) groups is 1. The van der Waals surface area contributed by atoms with Crippen LogP contribution in [-0.4, -0.2) is 34.1 Å². The lowest BCUT2D eigenvalue weighted by atomic mass is 10.2. The van der Waals surface area contributed by atoms with E-state index in [4.69, 9.17) is 14.3 Å². The molecule has 0 saturated carbocycles. The van der Waals surface area contributed by atoms with Crippen LogP contribution in [0.1, 0.15) is 24.2 Å². The fraction of sp³-hybridized carbons (Fsp3) is 0.300. The number of hydroxylamine groups is 1. The second kappa shape index (κ2) is 9.28. The molecule has 8 nitrogen and oxygen atoms in total. The third-order valence-electron chi connectivity index (χ3n) is 4.62. The van der Waals surface area contributed by atoms with Gasteiger partial charge in [-0.15, -0.1) is 0 Å². The van der Waals surface area contributed by atoms with Crippen LogP contribution in [0.2, 0.25) is 0 Å². The number of aromatic nitrogens is 2. The fourth-order valence-electron chi connectivity index (χ4n) is 3.24. The Labute approximate surface area is 199 Å². The van der Waals surface area contributed by atoms with Crippen LogP contribution in [0.4, 0.5) is 15.9 Å². The van der Waals surface area contributed by atoms with Crippen LogP contribution in [0.5, 0.6) is 0 Å². The predicted octanol–water partition coefficient (Wildman–Crippen LogP) is 3.94. The first-order valence-electron chi connectivity index (χ1n) is 9.18. The molecule has 0 spiro atoms. The van der Waals surface area contributed by atoms with Gasteiger partial charge in [-0.1, -0.05) is 0 Å². The van der Waals surface area contributed by atoms with Crippen molar-refractivity contribution in [3.05, 3.63) is 51.5 Å². The molecule has 0 unspecified atom stereocenters. The van der Waals surface area contributed by atoms with E-state index in [1.807, 2.05) is 22.6 Å². The average molecular weight is 560 g/mol. The number of fused-ring (bicyclic) bond motifs is 1. The van der Waals surface area contributed by atoms with E-state index in [1.165, 1.54) is 6.07 Å². The molecule has 166 valence electrons. The van der Waals surface area contributed by atoms with E-state index in [0.29, 0.717) is 16.9 Å². The SMILES string of the molecule is Cn1c(Nc2ccc(I)cc2F)c(C(=O)NO[C@H]2COC(C)(C)O2)c2cccnc21.S. The summed E-state index contributed by atoms with van der Waals surface area (Å²) < 4.78 is 27.9. The minimum Gasteiger partial charge on any atom is -0.345 e. The number of nitrogens with zero attached hydrogens (tertiary/aromatic N) is 2. The van der Waals surface area contributed by atoms with E-state index in [2.05, 4.69) is 15.8 Å². The first kappa shape index (κ1) is 23.7. The summed E-state index contributed by atoms with van der Waals surface area (Å²) in [7, 11) is 1.75. The molecule has 1 aromatic carbocycles. The second-order valence-electron chi connectivity index (χ2n) is 7.21. The Hall–Kier alpha value is -1.93. The van der Waals surface area contributed by atoms with Gasteiger partial charge in [-0.05, 0) is 66.8 Å². The van der Waals surface area contributed by atoms with Crippen molar-refractivity contribution in [2.75, 3.05) is 11.9 Å². The van der Waals surface area contributed by atoms with E-state index >= 15 is 0 Å². The molecular formula is C20H22FIN4O4S. The lowest BCUT2D eigenvalue weighted by Gasteiger charge is -2.17. The minimum absolute atomic E-state index is 0. The van der Waals surface area contributed by atoms with Crippen LogP contribution in [0, 0.1) is 9.39 Å². The number of ether oxygens (including phenoxy) is 2. The van der Waals surface area contributed by atoms with Gasteiger partial charge >= 0.3 is 0 Å². The van der Waals surface area contributed by atoms with Crippen molar-refractivity contribution in [1.29, 1.82) is 0 Å². The maximum atomic E-state index is 14.4. The topological polar surface area (TPSA) is 86.6 Å². The van der Waals surface area contributed by atoms with E-state index in [9.17, 15) is 9.18 Å². The van der Waals surface area contributed by atoms with E-state index in [1.54, 1.807) is 55.9 Å². The standard InChI is InChI=1S/C20H20FIN4O4.H2S/c1-20(2)28-10-15(29-20)30-25-19(27)16-12-5-4-8-23-17(12)26(3)18(16)24-14-7-6-11(22)9-13(14)21;/h4-9,15,24H,10H2,1-3H3,(H,25,27);1H2/t15-;/m0./s1. The van der Waals surface area contributed by atoms with Gasteiger partial charge in [0.15, 0.2) is 5.79 Å². The lowest BCUT2D eigenvalue weighted by Crippen LogP contribution is -2.32. The Balaban J connectivity index is 0.00000272. The molecular weight excluding hydrogens is 538 g/mol. The summed E-state index contributed by atoms with van der Waals surface area (Å²) in [6.45, 7) is 3.70. The van der Waals surface area contributed by atoms with Crippen LogP contribution in [0.25, 0.3) is 11.0 Å². The highest BCUT2D eigenvalue weighted by Crippen LogP contribution is 2.32. The summed E-state index contributed by atoms with van der Waals surface area (Å²) >= 11 is 2.03. The maximum absolute atomic E-state index is 14.4. The Bertz CT molecular complexity index is 1120. The summed E-state index contributed by atoms with van der Waals surface area (Å²) in [5, 5.41) is 3.62. The molecule has 1 aliphatic rings. The van der Waals surface area contributed by atoms with Crippen LogP contribution in [0.15, 0.2) is 36.5 Å². The van der Waals surface area contributed by atoms with Gasteiger partial charge in [0, 0.05) is 22.2 Å². The number of pyridine rings is 1. The molecule has 11 heteroatoms. The van der Waals surface area contributed by atoms with E-state index in [-0.39, 0.29) is 31.4 Å². The third kappa shape index (κ3) is 4.95. The number of rotatable bonds is 5. The van der Waals surface area contributed by atoms with Gasteiger partial charge in [0.1, 0.15) is 23.9 Å². The molecule has 1 atom stereocenters. The van der Waals surface area contributed by atoms with Crippen molar-refractivity contribution >= 4 is 64.5 Å². The molecule has 3 heterocycles. The van der Waals surface area contributed by atoms with Gasteiger partial charge in [-0.2, -0.15) is 13.5 Å². The number of benzene rings is 1. The molecule has 1 saturated heterocycles. The van der Waals surface area contributed by atoms with Crippen molar-refractivity contribution in [3.8, 4) is 0 Å². The van der Waals surface area contributed by atoms with Gasteiger partial charge in [0.25, 0.3) is 5.91 Å². The number of nitrogens with one attached hydrogen (secondary N) is 2.